The first-order valence-corrected chi connectivity index (χ1v) is 6.34. The van der Waals surface area contributed by atoms with Crippen molar-refractivity contribution in [1.82, 2.24) is 15.5 Å². The Balaban J connectivity index is 1.67. The molecule has 2 rings (SSSR count). The summed E-state index contributed by atoms with van der Waals surface area (Å²) in [4.78, 5) is 24.9. The van der Waals surface area contributed by atoms with Crippen LogP contribution in [0.25, 0.3) is 0 Å². The highest BCUT2D eigenvalue weighted by molar-refractivity contribution is 5.80. The quantitative estimate of drug-likeness (QED) is 0.725. The van der Waals surface area contributed by atoms with Crippen LogP contribution in [0.5, 0.6) is 0 Å². The van der Waals surface area contributed by atoms with E-state index in [0.29, 0.717) is 13.1 Å². The Labute approximate surface area is 107 Å². The van der Waals surface area contributed by atoms with Gasteiger partial charge < -0.3 is 20.3 Å². The molecule has 2 heterocycles. The molecular weight excluding hydrogens is 234 g/mol. The van der Waals surface area contributed by atoms with Gasteiger partial charge >= 0.3 is 6.09 Å². The normalized spacial score (nSPS) is 20.9. The Bertz CT molecular complexity index is 341. The molecule has 0 aromatic rings. The standard InChI is InChI=1S/C12H21N3O3/c1-12(2,3)18-11(17)15-6-9(7-15)14-10(16)8-4-13-5-8/h8-9,13H,4-7H2,1-3H3,(H,14,16). The Morgan fingerprint density at radius 2 is 1.89 bits per heavy atom. The molecule has 2 saturated heterocycles. The lowest BCUT2D eigenvalue weighted by atomic mass is 10.0. The van der Waals surface area contributed by atoms with Gasteiger partial charge in [-0.05, 0) is 20.8 Å². The minimum absolute atomic E-state index is 0.0746. The van der Waals surface area contributed by atoms with Gasteiger partial charge in [0.15, 0.2) is 0 Å². The largest absolute Gasteiger partial charge is 0.444 e. The van der Waals surface area contributed by atoms with Crippen LogP contribution < -0.4 is 10.6 Å². The zero-order valence-electron chi connectivity index (χ0n) is 11.2. The highest BCUT2D eigenvalue weighted by Gasteiger charge is 2.36. The number of likely N-dealkylation sites (tertiary alicyclic amines) is 1. The van der Waals surface area contributed by atoms with Crippen LogP contribution in [0.15, 0.2) is 0 Å². The van der Waals surface area contributed by atoms with Gasteiger partial charge in [-0.3, -0.25) is 4.79 Å². The van der Waals surface area contributed by atoms with Gasteiger partial charge in [-0.25, -0.2) is 4.79 Å². The van der Waals surface area contributed by atoms with E-state index >= 15 is 0 Å². The molecule has 2 amide bonds. The molecule has 0 bridgehead atoms. The first kappa shape index (κ1) is 13.1. The van der Waals surface area contributed by atoms with Crippen molar-refractivity contribution in [2.75, 3.05) is 26.2 Å². The first-order chi connectivity index (χ1) is 8.35. The molecule has 0 radical (unpaired) electrons. The zero-order chi connectivity index (χ0) is 13.3. The molecular formula is C12H21N3O3. The smallest absolute Gasteiger partial charge is 0.410 e. The lowest BCUT2D eigenvalue weighted by molar-refractivity contribution is -0.128. The van der Waals surface area contributed by atoms with Crippen molar-refractivity contribution in [3.8, 4) is 0 Å². The molecule has 0 atom stereocenters. The molecule has 6 nitrogen and oxygen atoms in total. The summed E-state index contributed by atoms with van der Waals surface area (Å²) in [5, 5.41) is 6.00. The SMILES string of the molecule is CC(C)(C)OC(=O)N1CC(NC(=O)C2CNC2)C1. The summed E-state index contributed by atoms with van der Waals surface area (Å²) >= 11 is 0. The maximum absolute atomic E-state index is 11.7. The summed E-state index contributed by atoms with van der Waals surface area (Å²) in [7, 11) is 0. The molecule has 18 heavy (non-hydrogen) atoms. The van der Waals surface area contributed by atoms with E-state index in [2.05, 4.69) is 10.6 Å². The number of ether oxygens (including phenoxy) is 1. The van der Waals surface area contributed by atoms with Gasteiger partial charge in [0.2, 0.25) is 5.91 Å². The number of nitrogens with zero attached hydrogens (tertiary/aromatic N) is 1. The molecule has 2 aliphatic rings. The van der Waals surface area contributed by atoms with Gasteiger partial charge in [0.25, 0.3) is 0 Å². The number of carbonyl (C=O) groups is 2. The monoisotopic (exact) mass is 255 g/mol. The van der Waals surface area contributed by atoms with Crippen molar-refractivity contribution >= 4 is 12.0 Å². The van der Waals surface area contributed by atoms with Gasteiger partial charge in [-0.2, -0.15) is 0 Å². The highest BCUT2D eigenvalue weighted by atomic mass is 16.6. The number of hydrogen-bond donors (Lipinski definition) is 2. The summed E-state index contributed by atoms with van der Waals surface area (Å²) in [6, 6.07) is 0.0746. The first-order valence-electron chi connectivity index (χ1n) is 6.34. The van der Waals surface area contributed by atoms with Crippen molar-refractivity contribution in [2.45, 2.75) is 32.4 Å². The van der Waals surface area contributed by atoms with E-state index in [1.165, 1.54) is 0 Å². The third kappa shape index (κ3) is 3.13. The van der Waals surface area contributed by atoms with Gasteiger partial charge in [-0.15, -0.1) is 0 Å². The second-order valence-electron chi connectivity index (χ2n) is 5.95. The lowest BCUT2D eigenvalue weighted by Crippen LogP contribution is -2.64. The second kappa shape index (κ2) is 4.76. The average Bonchev–Trinajstić information content (AvgIpc) is 2.03. The summed E-state index contributed by atoms with van der Waals surface area (Å²) in [6.07, 6.45) is -0.307. The highest BCUT2D eigenvalue weighted by Crippen LogP contribution is 2.15. The summed E-state index contributed by atoms with van der Waals surface area (Å²) in [6.45, 7) is 8.12. The Morgan fingerprint density at radius 3 is 2.33 bits per heavy atom. The van der Waals surface area contributed by atoms with E-state index in [9.17, 15) is 9.59 Å². The van der Waals surface area contributed by atoms with E-state index in [-0.39, 0.29) is 24.0 Å². The van der Waals surface area contributed by atoms with Gasteiger partial charge in [0, 0.05) is 26.2 Å². The van der Waals surface area contributed by atoms with E-state index in [1.54, 1.807) is 4.90 Å². The Kier molecular flexibility index (Phi) is 3.47. The summed E-state index contributed by atoms with van der Waals surface area (Å²) < 4.78 is 5.24. The number of carbonyl (C=O) groups excluding carboxylic acids is 2. The molecule has 0 spiro atoms. The van der Waals surface area contributed by atoms with Crippen molar-refractivity contribution in [3.05, 3.63) is 0 Å². The van der Waals surface area contributed by atoms with Crippen molar-refractivity contribution in [2.24, 2.45) is 5.92 Å². The van der Waals surface area contributed by atoms with Crippen molar-refractivity contribution in [1.29, 1.82) is 0 Å². The van der Waals surface area contributed by atoms with E-state index in [4.69, 9.17) is 4.74 Å². The van der Waals surface area contributed by atoms with Crippen LogP contribution in [0, 0.1) is 5.92 Å². The molecule has 0 aromatic heterocycles. The molecule has 0 aliphatic carbocycles. The predicted octanol–water partition coefficient (Wildman–Crippen LogP) is -0.0587. The number of amides is 2. The fourth-order valence-corrected chi connectivity index (χ4v) is 1.84. The van der Waals surface area contributed by atoms with Crippen LogP contribution >= 0.6 is 0 Å². The molecule has 0 aromatic carbocycles. The third-order valence-corrected chi connectivity index (χ3v) is 3.03. The van der Waals surface area contributed by atoms with E-state index < -0.39 is 5.60 Å². The number of nitrogens with one attached hydrogen (secondary N) is 2. The maximum atomic E-state index is 11.7. The van der Waals surface area contributed by atoms with Crippen LogP contribution in [0.3, 0.4) is 0 Å². The van der Waals surface area contributed by atoms with Gasteiger partial charge in [0.1, 0.15) is 5.60 Å². The van der Waals surface area contributed by atoms with Gasteiger partial charge in [-0.1, -0.05) is 0 Å². The minimum atomic E-state index is -0.469. The van der Waals surface area contributed by atoms with E-state index in [0.717, 1.165) is 13.1 Å². The molecule has 2 N–H and O–H groups in total. The van der Waals surface area contributed by atoms with E-state index in [1.807, 2.05) is 20.8 Å². The van der Waals surface area contributed by atoms with Crippen LogP contribution in [0.2, 0.25) is 0 Å². The van der Waals surface area contributed by atoms with Crippen molar-refractivity contribution < 1.29 is 14.3 Å². The molecule has 2 fully saturated rings. The minimum Gasteiger partial charge on any atom is -0.444 e. The number of rotatable bonds is 2. The lowest BCUT2D eigenvalue weighted by Gasteiger charge is -2.41. The van der Waals surface area contributed by atoms with Crippen LogP contribution in [-0.4, -0.2) is 54.7 Å². The fourth-order valence-electron chi connectivity index (χ4n) is 1.84. The third-order valence-electron chi connectivity index (χ3n) is 3.03. The second-order valence-corrected chi connectivity index (χ2v) is 5.95. The zero-order valence-corrected chi connectivity index (χ0v) is 11.2. The summed E-state index contributed by atoms with van der Waals surface area (Å²) in [5.41, 5.74) is -0.469. The summed E-state index contributed by atoms with van der Waals surface area (Å²) in [5.74, 6) is 0.183. The Hall–Kier alpha value is -1.30. The topological polar surface area (TPSA) is 70.7 Å². The van der Waals surface area contributed by atoms with Crippen molar-refractivity contribution in [3.63, 3.8) is 0 Å². The number of hydrogen-bond acceptors (Lipinski definition) is 4. The molecule has 0 saturated carbocycles. The molecule has 2 aliphatic heterocycles. The Morgan fingerprint density at radius 1 is 1.28 bits per heavy atom. The molecule has 0 unspecified atom stereocenters. The molecule has 102 valence electrons. The average molecular weight is 255 g/mol. The van der Waals surface area contributed by atoms with Crippen LogP contribution in [-0.2, 0) is 9.53 Å². The molecule has 6 heteroatoms. The van der Waals surface area contributed by atoms with Crippen LogP contribution in [0.1, 0.15) is 20.8 Å². The predicted molar refractivity (Wildman–Crippen MR) is 66.1 cm³/mol. The van der Waals surface area contributed by atoms with Gasteiger partial charge in [0.05, 0.1) is 12.0 Å². The fraction of sp³-hybridized carbons (Fsp3) is 0.833. The maximum Gasteiger partial charge on any atom is 0.410 e. The van der Waals surface area contributed by atoms with Crippen LogP contribution in [0.4, 0.5) is 4.79 Å².